The quantitative estimate of drug-likeness (QED) is 0.822. The molecule has 0 aliphatic rings. The molecule has 1 unspecified atom stereocenters. The first-order chi connectivity index (χ1) is 9.94. The average molecular weight is 344 g/mol. The number of sulfone groups is 1. The molecule has 0 fully saturated rings. The van der Waals surface area contributed by atoms with Crippen LogP contribution >= 0.6 is 22.9 Å². The predicted molar refractivity (Wildman–Crippen MR) is 90.2 cm³/mol. The van der Waals surface area contributed by atoms with Crippen LogP contribution in [0.2, 0.25) is 4.34 Å². The lowest BCUT2D eigenvalue weighted by Crippen LogP contribution is -2.12. The van der Waals surface area contributed by atoms with Gasteiger partial charge in [-0.25, -0.2) is 8.42 Å². The van der Waals surface area contributed by atoms with Crippen molar-refractivity contribution in [3.63, 3.8) is 0 Å². The van der Waals surface area contributed by atoms with Gasteiger partial charge >= 0.3 is 0 Å². The van der Waals surface area contributed by atoms with Gasteiger partial charge in [0.05, 0.1) is 26.7 Å². The fraction of sp³-hybridized carbons (Fsp3) is 0.333. The molecule has 1 heterocycles. The van der Waals surface area contributed by atoms with Crippen LogP contribution in [-0.4, -0.2) is 14.2 Å². The van der Waals surface area contributed by atoms with Crippen LogP contribution in [0.3, 0.4) is 0 Å². The van der Waals surface area contributed by atoms with Crippen LogP contribution in [0.5, 0.6) is 0 Å². The van der Waals surface area contributed by atoms with Crippen molar-refractivity contribution in [1.29, 1.82) is 0 Å². The zero-order valence-electron chi connectivity index (χ0n) is 12.0. The number of anilines is 1. The largest absolute Gasteiger partial charge is 0.377 e. The number of halogens is 1. The summed E-state index contributed by atoms with van der Waals surface area (Å²) in [6.45, 7) is 3.86. The Labute approximate surface area is 134 Å². The maximum Gasteiger partial charge on any atom is 0.180 e. The number of para-hydroxylation sites is 1. The standard InChI is InChI=1S/C15H18ClNO2S2/c1-3-10-21(18,19)14-7-5-4-6-12(14)17-11(2)13-8-9-15(16)20-13/h4-9,11,17H,3,10H2,1-2H3. The van der Waals surface area contributed by atoms with Crippen LogP contribution in [0, 0.1) is 0 Å². The summed E-state index contributed by atoms with van der Waals surface area (Å²) in [5.41, 5.74) is 0.642. The molecule has 1 aromatic carbocycles. The Balaban J connectivity index is 2.29. The van der Waals surface area contributed by atoms with Crippen molar-refractivity contribution in [1.82, 2.24) is 0 Å². The van der Waals surface area contributed by atoms with Gasteiger partial charge in [0.2, 0.25) is 0 Å². The number of nitrogens with one attached hydrogen (secondary N) is 1. The van der Waals surface area contributed by atoms with Gasteiger partial charge in [0.25, 0.3) is 0 Å². The van der Waals surface area contributed by atoms with E-state index in [-0.39, 0.29) is 11.8 Å². The maximum atomic E-state index is 12.3. The third kappa shape index (κ3) is 3.99. The van der Waals surface area contributed by atoms with Crippen LogP contribution in [0.4, 0.5) is 5.69 Å². The van der Waals surface area contributed by atoms with Crippen LogP contribution in [0.15, 0.2) is 41.3 Å². The molecule has 0 radical (unpaired) electrons. The molecule has 1 atom stereocenters. The smallest absolute Gasteiger partial charge is 0.180 e. The topological polar surface area (TPSA) is 46.2 Å². The Morgan fingerprint density at radius 2 is 1.95 bits per heavy atom. The molecular weight excluding hydrogens is 326 g/mol. The molecule has 6 heteroatoms. The molecule has 0 bridgehead atoms. The zero-order valence-corrected chi connectivity index (χ0v) is 14.4. The van der Waals surface area contributed by atoms with Gasteiger partial charge in [0.1, 0.15) is 0 Å². The van der Waals surface area contributed by atoms with E-state index in [1.807, 2.05) is 32.0 Å². The number of thiophene rings is 1. The molecule has 21 heavy (non-hydrogen) atoms. The summed E-state index contributed by atoms with van der Waals surface area (Å²) in [6, 6.07) is 10.8. The molecule has 0 saturated carbocycles. The zero-order chi connectivity index (χ0) is 15.5. The molecule has 3 nitrogen and oxygen atoms in total. The van der Waals surface area contributed by atoms with E-state index in [1.165, 1.54) is 11.3 Å². The highest BCUT2D eigenvalue weighted by atomic mass is 35.5. The van der Waals surface area contributed by atoms with E-state index in [9.17, 15) is 8.42 Å². The van der Waals surface area contributed by atoms with Gasteiger partial charge in [-0.1, -0.05) is 30.7 Å². The van der Waals surface area contributed by atoms with Crippen LogP contribution in [0.25, 0.3) is 0 Å². The van der Waals surface area contributed by atoms with Gasteiger partial charge in [0, 0.05) is 4.88 Å². The molecule has 0 aliphatic carbocycles. The number of rotatable bonds is 6. The van der Waals surface area contributed by atoms with E-state index in [1.54, 1.807) is 18.2 Å². The van der Waals surface area contributed by atoms with Gasteiger partial charge in [-0.15, -0.1) is 11.3 Å². The molecule has 2 aromatic rings. The van der Waals surface area contributed by atoms with E-state index in [2.05, 4.69) is 5.32 Å². The fourth-order valence-electron chi connectivity index (χ4n) is 2.10. The van der Waals surface area contributed by atoms with Crippen molar-refractivity contribution in [2.75, 3.05) is 11.1 Å². The molecule has 1 aromatic heterocycles. The van der Waals surface area contributed by atoms with Gasteiger partial charge in [0.15, 0.2) is 9.84 Å². The fourth-order valence-corrected chi connectivity index (χ4v) is 4.67. The van der Waals surface area contributed by atoms with Crippen LogP contribution in [-0.2, 0) is 9.84 Å². The summed E-state index contributed by atoms with van der Waals surface area (Å²) >= 11 is 7.44. The van der Waals surface area contributed by atoms with Gasteiger partial charge in [-0.3, -0.25) is 0 Å². The van der Waals surface area contributed by atoms with E-state index in [4.69, 9.17) is 11.6 Å². The summed E-state index contributed by atoms with van der Waals surface area (Å²) in [6.07, 6.45) is 0.604. The van der Waals surface area contributed by atoms with E-state index in [0.29, 0.717) is 17.0 Å². The van der Waals surface area contributed by atoms with Crippen molar-refractivity contribution in [3.8, 4) is 0 Å². The van der Waals surface area contributed by atoms with Crippen LogP contribution < -0.4 is 5.32 Å². The summed E-state index contributed by atoms with van der Waals surface area (Å²) in [5, 5.41) is 3.28. The third-order valence-electron chi connectivity index (χ3n) is 3.09. The lowest BCUT2D eigenvalue weighted by Gasteiger charge is -2.17. The monoisotopic (exact) mass is 343 g/mol. The maximum absolute atomic E-state index is 12.3. The van der Waals surface area contributed by atoms with Crippen molar-refractivity contribution >= 4 is 38.5 Å². The molecule has 0 saturated heterocycles. The molecule has 0 spiro atoms. The highest BCUT2D eigenvalue weighted by molar-refractivity contribution is 7.91. The number of hydrogen-bond donors (Lipinski definition) is 1. The Hall–Kier alpha value is -1.04. The predicted octanol–water partition coefficient (Wildman–Crippen LogP) is 4.76. The normalized spacial score (nSPS) is 13.1. The summed E-state index contributed by atoms with van der Waals surface area (Å²) in [5.74, 6) is 0.158. The molecule has 0 aliphatic heterocycles. The highest BCUT2D eigenvalue weighted by Gasteiger charge is 2.19. The number of hydrogen-bond acceptors (Lipinski definition) is 4. The second-order valence-electron chi connectivity index (χ2n) is 4.82. The first-order valence-corrected chi connectivity index (χ1v) is 9.62. The first-order valence-electron chi connectivity index (χ1n) is 6.77. The summed E-state index contributed by atoms with van der Waals surface area (Å²) in [4.78, 5) is 1.43. The Bertz CT molecular complexity index is 710. The molecule has 0 amide bonds. The van der Waals surface area contributed by atoms with Crippen LogP contribution in [0.1, 0.15) is 31.2 Å². The third-order valence-corrected chi connectivity index (χ3v) is 6.47. The summed E-state index contributed by atoms with van der Waals surface area (Å²) < 4.78 is 25.4. The van der Waals surface area contributed by atoms with Gasteiger partial charge in [-0.05, 0) is 37.6 Å². The van der Waals surface area contributed by atoms with Crippen molar-refractivity contribution < 1.29 is 8.42 Å². The second kappa shape index (κ2) is 6.81. The minimum Gasteiger partial charge on any atom is -0.377 e. The molecular formula is C15H18ClNO2S2. The Morgan fingerprint density at radius 1 is 1.24 bits per heavy atom. The minimum atomic E-state index is -3.25. The lowest BCUT2D eigenvalue weighted by molar-refractivity contribution is 0.595. The first kappa shape index (κ1) is 16.3. The Morgan fingerprint density at radius 3 is 2.57 bits per heavy atom. The highest BCUT2D eigenvalue weighted by Crippen LogP contribution is 2.31. The van der Waals surface area contributed by atoms with Crippen molar-refractivity contribution in [2.45, 2.75) is 31.2 Å². The summed E-state index contributed by atoms with van der Waals surface area (Å²) in [7, 11) is -3.25. The van der Waals surface area contributed by atoms with E-state index < -0.39 is 9.84 Å². The number of benzene rings is 1. The van der Waals surface area contributed by atoms with Crippen molar-refractivity contribution in [2.24, 2.45) is 0 Å². The molecule has 1 N–H and O–H groups in total. The average Bonchev–Trinajstić information content (AvgIpc) is 2.86. The lowest BCUT2D eigenvalue weighted by atomic mass is 10.2. The SMILES string of the molecule is CCCS(=O)(=O)c1ccccc1NC(C)c1ccc(Cl)s1. The van der Waals surface area contributed by atoms with E-state index in [0.717, 1.165) is 9.21 Å². The second-order valence-corrected chi connectivity index (χ2v) is 8.65. The van der Waals surface area contributed by atoms with E-state index >= 15 is 0 Å². The van der Waals surface area contributed by atoms with Gasteiger partial charge < -0.3 is 5.32 Å². The minimum absolute atomic E-state index is 0.000441. The molecule has 2 rings (SSSR count). The Kier molecular flexibility index (Phi) is 5.30. The van der Waals surface area contributed by atoms with Gasteiger partial charge in [-0.2, -0.15) is 0 Å². The molecule has 114 valence electrons. The van der Waals surface area contributed by atoms with Crippen molar-refractivity contribution in [3.05, 3.63) is 45.6 Å².